The quantitative estimate of drug-likeness (QED) is 0.593. The molecule has 0 aliphatic carbocycles. The maximum atomic E-state index is 12.7. The molecule has 0 radical (unpaired) electrons. The molecule has 31 heavy (non-hydrogen) atoms. The van der Waals surface area contributed by atoms with Crippen LogP contribution in [-0.4, -0.2) is 40.5 Å². The smallest absolute Gasteiger partial charge is 0.327 e. The van der Waals surface area contributed by atoms with Crippen LogP contribution in [0.15, 0.2) is 64.4 Å². The number of halogens is 2. The number of nitrogens with zero attached hydrogens (tertiary/aromatic N) is 4. The topological polar surface area (TPSA) is 113 Å². The monoisotopic (exact) mass is 469 g/mol. The van der Waals surface area contributed by atoms with Crippen molar-refractivity contribution >= 4 is 22.2 Å². The average molecular weight is 470 g/mol. The third-order valence-electron chi connectivity index (χ3n) is 4.40. The van der Waals surface area contributed by atoms with Crippen molar-refractivity contribution in [2.24, 2.45) is 5.73 Å². The lowest BCUT2D eigenvalue weighted by atomic mass is 10.1. The molecular weight excluding hydrogens is 445 g/mol. The molecule has 0 amide bonds. The van der Waals surface area contributed by atoms with Gasteiger partial charge >= 0.3 is 5.69 Å². The summed E-state index contributed by atoms with van der Waals surface area (Å²) in [7, 11) is -3.27. The van der Waals surface area contributed by atoms with E-state index in [9.17, 15) is 17.6 Å². The van der Waals surface area contributed by atoms with Crippen LogP contribution in [0, 0.1) is 6.92 Å². The van der Waals surface area contributed by atoms with Crippen LogP contribution in [0.4, 0.5) is 4.39 Å². The van der Waals surface area contributed by atoms with E-state index in [0.29, 0.717) is 12.1 Å². The second-order valence-corrected chi connectivity index (χ2v) is 8.59. The Hall–Kier alpha value is -2.82. The van der Waals surface area contributed by atoms with Gasteiger partial charge in [-0.25, -0.2) is 31.8 Å². The van der Waals surface area contributed by atoms with Gasteiger partial charge in [0.1, 0.15) is 12.1 Å². The van der Waals surface area contributed by atoms with Crippen molar-refractivity contribution in [1.29, 1.82) is 0 Å². The van der Waals surface area contributed by atoms with Gasteiger partial charge in [-0.05, 0) is 41.8 Å². The zero-order chi connectivity index (χ0) is 21.2. The molecule has 1 aromatic carbocycles. The fourth-order valence-electron chi connectivity index (χ4n) is 2.80. The maximum absolute atomic E-state index is 12.7. The van der Waals surface area contributed by atoms with Crippen molar-refractivity contribution in [2.45, 2.75) is 25.8 Å². The van der Waals surface area contributed by atoms with Crippen LogP contribution in [0.2, 0.25) is 0 Å². The fourth-order valence-corrected chi connectivity index (χ4v) is 3.43. The maximum Gasteiger partial charge on any atom is 0.351 e. The van der Waals surface area contributed by atoms with E-state index in [1.165, 1.54) is 23.0 Å². The lowest BCUT2D eigenvalue weighted by Crippen LogP contribution is -2.26. The molecule has 2 aromatic heterocycles. The number of rotatable bonds is 6. The summed E-state index contributed by atoms with van der Waals surface area (Å²) in [6.45, 7) is 1.75. The number of pyridine rings is 1. The SMILES string of the molecule is C.Cc1cc(-c2ccc(S(C)(=O)=O)cc2)cnc1-n1cnn(C/C(=C/F)CN)c1=O.Cl. The number of nitrogens with two attached hydrogens (primary N) is 1. The van der Waals surface area contributed by atoms with E-state index < -0.39 is 15.5 Å². The molecule has 2 heterocycles. The number of hydrogen-bond acceptors (Lipinski definition) is 6. The first kappa shape index (κ1) is 26.2. The highest BCUT2D eigenvalue weighted by atomic mass is 35.5. The Kier molecular flexibility index (Phi) is 8.85. The van der Waals surface area contributed by atoms with Gasteiger partial charge in [-0.1, -0.05) is 19.6 Å². The molecule has 11 heteroatoms. The Labute approximate surface area is 186 Å². The van der Waals surface area contributed by atoms with E-state index >= 15 is 0 Å². The van der Waals surface area contributed by atoms with Crippen LogP contribution >= 0.6 is 12.4 Å². The van der Waals surface area contributed by atoms with E-state index in [-0.39, 0.29) is 43.4 Å². The standard InChI is InChI=1S/C19H20FN5O3S.CH4.ClH/c1-13-7-16(15-3-5-17(6-4-15)29(2,27)28)10-22-18(13)24-12-23-25(19(24)26)11-14(8-20)9-21;;/h3-8,10,12H,9,11,21H2,1-2H3;1H4;1H/b14-8+;;. The lowest BCUT2D eigenvalue weighted by Gasteiger charge is -2.08. The molecule has 0 saturated heterocycles. The fraction of sp³-hybridized carbons (Fsp3) is 0.250. The molecule has 0 unspecified atom stereocenters. The summed E-state index contributed by atoms with van der Waals surface area (Å²) >= 11 is 0. The van der Waals surface area contributed by atoms with Gasteiger partial charge in [0.25, 0.3) is 0 Å². The van der Waals surface area contributed by atoms with Crippen LogP contribution in [0.25, 0.3) is 16.9 Å². The van der Waals surface area contributed by atoms with Crippen molar-refractivity contribution in [1.82, 2.24) is 19.3 Å². The number of benzene rings is 1. The highest BCUT2D eigenvalue weighted by Crippen LogP contribution is 2.23. The lowest BCUT2D eigenvalue weighted by molar-refractivity contribution is 0.602. The molecule has 0 bridgehead atoms. The summed E-state index contributed by atoms with van der Waals surface area (Å²) in [5.41, 5.74) is 7.50. The molecule has 2 N–H and O–H groups in total. The molecular formula is C20H25ClFN5O3S. The Balaban J connectivity index is 0.00000240. The zero-order valence-electron chi connectivity index (χ0n) is 16.3. The Morgan fingerprint density at radius 3 is 2.39 bits per heavy atom. The molecule has 8 nitrogen and oxygen atoms in total. The number of aromatic nitrogens is 4. The summed E-state index contributed by atoms with van der Waals surface area (Å²) in [5.74, 6) is 0.399. The van der Waals surface area contributed by atoms with Gasteiger partial charge < -0.3 is 5.73 Å². The number of hydrogen-bond donors (Lipinski definition) is 1. The molecule has 0 saturated carbocycles. The molecule has 0 aliphatic heterocycles. The first-order valence-corrected chi connectivity index (χ1v) is 10.5. The van der Waals surface area contributed by atoms with Crippen molar-refractivity contribution in [3.05, 3.63) is 70.8 Å². The summed E-state index contributed by atoms with van der Waals surface area (Å²) < 4.78 is 38.3. The molecule has 0 spiro atoms. The van der Waals surface area contributed by atoms with Crippen LogP contribution in [0.1, 0.15) is 13.0 Å². The van der Waals surface area contributed by atoms with Gasteiger partial charge in [0.15, 0.2) is 9.84 Å². The zero-order valence-corrected chi connectivity index (χ0v) is 18.0. The van der Waals surface area contributed by atoms with Crippen molar-refractivity contribution in [3.63, 3.8) is 0 Å². The van der Waals surface area contributed by atoms with Gasteiger partial charge in [-0.3, -0.25) is 0 Å². The summed E-state index contributed by atoms with van der Waals surface area (Å²) in [6.07, 6.45) is 4.44. The minimum absolute atomic E-state index is 0. The second kappa shape index (κ2) is 10.5. The van der Waals surface area contributed by atoms with Crippen LogP contribution in [-0.2, 0) is 16.4 Å². The minimum Gasteiger partial charge on any atom is -0.327 e. The normalized spacial score (nSPS) is 11.5. The van der Waals surface area contributed by atoms with E-state index in [2.05, 4.69) is 10.1 Å². The summed E-state index contributed by atoms with van der Waals surface area (Å²) in [6, 6.07) is 8.32. The van der Waals surface area contributed by atoms with Crippen molar-refractivity contribution in [2.75, 3.05) is 12.8 Å². The number of aryl methyl sites for hydroxylation is 1. The third kappa shape index (κ3) is 5.66. The van der Waals surface area contributed by atoms with Gasteiger partial charge in [0.2, 0.25) is 0 Å². The molecule has 3 rings (SSSR count). The summed E-state index contributed by atoms with van der Waals surface area (Å²) in [5, 5.41) is 3.99. The summed E-state index contributed by atoms with van der Waals surface area (Å²) in [4.78, 5) is 17.2. The highest BCUT2D eigenvalue weighted by Gasteiger charge is 2.13. The van der Waals surface area contributed by atoms with Gasteiger partial charge in [0.05, 0.1) is 17.8 Å². The molecule has 0 aliphatic rings. The predicted molar refractivity (Wildman–Crippen MR) is 121 cm³/mol. The van der Waals surface area contributed by atoms with Gasteiger partial charge in [0, 0.05) is 24.6 Å². The minimum atomic E-state index is -3.27. The van der Waals surface area contributed by atoms with Gasteiger partial charge in [-0.15, -0.1) is 12.4 Å². The Morgan fingerprint density at radius 1 is 1.23 bits per heavy atom. The molecule has 0 atom stereocenters. The van der Waals surface area contributed by atoms with Gasteiger partial charge in [-0.2, -0.15) is 5.10 Å². The van der Waals surface area contributed by atoms with E-state index in [0.717, 1.165) is 27.6 Å². The number of sulfone groups is 1. The Bertz CT molecular complexity index is 1230. The predicted octanol–water partition coefficient (Wildman–Crippen LogP) is 2.68. The first-order valence-electron chi connectivity index (χ1n) is 8.64. The Morgan fingerprint density at radius 2 is 1.87 bits per heavy atom. The van der Waals surface area contributed by atoms with E-state index in [4.69, 9.17) is 5.73 Å². The first-order chi connectivity index (χ1) is 13.7. The van der Waals surface area contributed by atoms with Crippen LogP contribution in [0.5, 0.6) is 0 Å². The molecule has 0 fully saturated rings. The van der Waals surface area contributed by atoms with E-state index in [1.54, 1.807) is 25.3 Å². The van der Waals surface area contributed by atoms with Crippen LogP contribution in [0.3, 0.4) is 0 Å². The van der Waals surface area contributed by atoms with Crippen molar-refractivity contribution < 1.29 is 12.8 Å². The van der Waals surface area contributed by atoms with Crippen molar-refractivity contribution in [3.8, 4) is 16.9 Å². The van der Waals surface area contributed by atoms with E-state index in [1.807, 2.05) is 6.07 Å². The highest BCUT2D eigenvalue weighted by molar-refractivity contribution is 7.90. The third-order valence-corrected chi connectivity index (χ3v) is 5.53. The van der Waals surface area contributed by atoms with Crippen LogP contribution < -0.4 is 11.4 Å². The second-order valence-electron chi connectivity index (χ2n) is 6.57. The molecule has 168 valence electrons. The largest absolute Gasteiger partial charge is 0.351 e. The molecule has 3 aromatic rings. The average Bonchev–Trinajstić information content (AvgIpc) is 3.05.